The van der Waals surface area contributed by atoms with E-state index in [-0.39, 0.29) is 5.91 Å². The number of guanidine groups is 1. The molecule has 0 spiro atoms. The van der Waals surface area contributed by atoms with Crippen LogP contribution >= 0.6 is 0 Å². The van der Waals surface area contributed by atoms with Gasteiger partial charge in [-0.3, -0.25) is 4.79 Å². The summed E-state index contributed by atoms with van der Waals surface area (Å²) >= 11 is 0. The van der Waals surface area contributed by atoms with Gasteiger partial charge in [-0.2, -0.15) is 0 Å². The number of benzene rings is 2. The van der Waals surface area contributed by atoms with Gasteiger partial charge in [0.15, 0.2) is 0 Å². The Hall–Kier alpha value is -3.34. The highest BCUT2D eigenvalue weighted by Crippen LogP contribution is 2.28. The van der Waals surface area contributed by atoms with Crippen molar-refractivity contribution in [1.29, 1.82) is 0 Å². The van der Waals surface area contributed by atoms with Crippen LogP contribution in [0.2, 0.25) is 0 Å². The number of aryl methyl sites for hydroxylation is 3. The van der Waals surface area contributed by atoms with Gasteiger partial charge in [0.25, 0.3) is 5.91 Å². The van der Waals surface area contributed by atoms with Crippen LogP contribution in [0.5, 0.6) is 0 Å². The molecule has 0 radical (unpaired) electrons. The van der Waals surface area contributed by atoms with Gasteiger partial charge < -0.3 is 9.32 Å². The molecule has 160 valence electrons. The van der Waals surface area contributed by atoms with Gasteiger partial charge in [0.1, 0.15) is 11.8 Å². The Morgan fingerprint density at radius 3 is 2.58 bits per heavy atom. The fourth-order valence-electron chi connectivity index (χ4n) is 4.07. The molecule has 1 atom stereocenters. The largest absolute Gasteiger partial charge is 0.469 e. The fourth-order valence-corrected chi connectivity index (χ4v) is 4.07. The van der Waals surface area contributed by atoms with Gasteiger partial charge in [-0.25, -0.2) is 9.89 Å². The molecule has 1 aromatic heterocycles. The van der Waals surface area contributed by atoms with Crippen molar-refractivity contribution in [3.05, 3.63) is 89.4 Å². The number of furan rings is 1. The third-order valence-electron chi connectivity index (χ3n) is 5.68. The molecule has 1 aliphatic rings. The number of carbonyl (C=O) groups is 1. The minimum absolute atomic E-state index is 0.0312. The van der Waals surface area contributed by atoms with Crippen LogP contribution in [-0.2, 0) is 17.6 Å². The van der Waals surface area contributed by atoms with Crippen LogP contribution in [0, 0.1) is 13.8 Å². The monoisotopic (exact) mass is 415 g/mol. The first-order chi connectivity index (χ1) is 15.0. The molecule has 0 bridgehead atoms. The zero-order valence-electron chi connectivity index (χ0n) is 18.4. The average Bonchev–Trinajstić information content (AvgIpc) is 3.38. The predicted octanol–water partition coefficient (Wildman–Crippen LogP) is 4.77. The summed E-state index contributed by atoms with van der Waals surface area (Å²) in [6, 6.07) is 19.8. The maximum atomic E-state index is 13.5. The van der Waals surface area contributed by atoms with Crippen LogP contribution in [0.3, 0.4) is 0 Å². The van der Waals surface area contributed by atoms with E-state index in [0.29, 0.717) is 6.42 Å². The summed E-state index contributed by atoms with van der Waals surface area (Å²) in [5, 5.41) is 0. The molecule has 0 saturated heterocycles. The molecule has 2 heterocycles. The lowest BCUT2D eigenvalue weighted by Crippen LogP contribution is -2.44. The Morgan fingerprint density at radius 1 is 1.06 bits per heavy atom. The summed E-state index contributed by atoms with van der Waals surface area (Å²) in [7, 11) is 2.01. The Labute approximate surface area is 184 Å². The smallest absolute Gasteiger partial charge is 0.259 e. The second kappa shape index (κ2) is 9.21. The highest BCUT2D eigenvalue weighted by molar-refractivity contribution is 6.22. The highest BCUT2D eigenvalue weighted by atomic mass is 16.3. The van der Waals surface area contributed by atoms with E-state index in [2.05, 4.69) is 43.0 Å². The SMILES string of the molecule is Cc1ccc(N2C(=O)C(Cc3ccccc3)N=C2N(C)CCCc2ccco2)c(C)c1. The third-order valence-corrected chi connectivity index (χ3v) is 5.68. The van der Waals surface area contributed by atoms with Crippen LogP contribution in [0.15, 0.2) is 76.3 Å². The quantitative estimate of drug-likeness (QED) is 0.558. The lowest BCUT2D eigenvalue weighted by Gasteiger charge is -2.27. The van der Waals surface area contributed by atoms with Gasteiger partial charge in [0, 0.05) is 26.4 Å². The van der Waals surface area contributed by atoms with E-state index in [1.165, 1.54) is 5.56 Å². The van der Waals surface area contributed by atoms with Gasteiger partial charge >= 0.3 is 0 Å². The molecule has 0 fully saturated rings. The Balaban J connectivity index is 1.57. The fraction of sp³-hybridized carbons (Fsp3) is 0.308. The summed E-state index contributed by atoms with van der Waals surface area (Å²) < 4.78 is 5.45. The van der Waals surface area contributed by atoms with Crippen molar-refractivity contribution < 1.29 is 9.21 Å². The van der Waals surface area contributed by atoms with Crippen molar-refractivity contribution in [3.8, 4) is 0 Å². The van der Waals surface area contributed by atoms with Crippen LogP contribution in [0.4, 0.5) is 5.69 Å². The second-order valence-corrected chi connectivity index (χ2v) is 8.20. The minimum atomic E-state index is -0.411. The minimum Gasteiger partial charge on any atom is -0.469 e. The molecule has 2 aromatic carbocycles. The summed E-state index contributed by atoms with van der Waals surface area (Å²) in [6.45, 7) is 4.90. The van der Waals surface area contributed by atoms with Crippen molar-refractivity contribution in [2.45, 2.75) is 39.2 Å². The van der Waals surface area contributed by atoms with E-state index < -0.39 is 6.04 Å². The molecule has 0 saturated carbocycles. The molecule has 1 aliphatic heterocycles. The van der Waals surface area contributed by atoms with E-state index in [9.17, 15) is 4.79 Å². The van der Waals surface area contributed by atoms with Crippen LogP contribution < -0.4 is 4.90 Å². The second-order valence-electron chi connectivity index (χ2n) is 8.20. The topological polar surface area (TPSA) is 49.1 Å². The van der Waals surface area contributed by atoms with Crippen LogP contribution in [0.25, 0.3) is 0 Å². The van der Waals surface area contributed by atoms with Gasteiger partial charge in [0.05, 0.1) is 12.0 Å². The molecule has 1 unspecified atom stereocenters. The molecule has 5 nitrogen and oxygen atoms in total. The molecule has 4 rings (SSSR count). The van der Waals surface area contributed by atoms with E-state index in [4.69, 9.17) is 9.41 Å². The van der Waals surface area contributed by atoms with Gasteiger partial charge in [-0.15, -0.1) is 0 Å². The molecule has 1 amide bonds. The van der Waals surface area contributed by atoms with E-state index in [1.54, 1.807) is 11.2 Å². The number of amides is 1. The zero-order chi connectivity index (χ0) is 21.8. The molecule has 31 heavy (non-hydrogen) atoms. The predicted molar refractivity (Wildman–Crippen MR) is 124 cm³/mol. The third kappa shape index (κ3) is 4.71. The van der Waals surface area contributed by atoms with Crippen molar-refractivity contribution in [3.63, 3.8) is 0 Å². The highest BCUT2D eigenvalue weighted by Gasteiger charge is 2.38. The number of carbonyl (C=O) groups excluding carboxylic acids is 1. The van der Waals surface area contributed by atoms with Crippen molar-refractivity contribution in [2.75, 3.05) is 18.5 Å². The maximum Gasteiger partial charge on any atom is 0.259 e. The van der Waals surface area contributed by atoms with Crippen LogP contribution in [0.1, 0.15) is 28.9 Å². The van der Waals surface area contributed by atoms with E-state index in [0.717, 1.165) is 47.9 Å². The molecule has 3 aromatic rings. The number of nitrogens with zero attached hydrogens (tertiary/aromatic N) is 3. The van der Waals surface area contributed by atoms with Gasteiger partial charge in [-0.1, -0.05) is 48.0 Å². The van der Waals surface area contributed by atoms with Crippen LogP contribution in [-0.4, -0.2) is 36.4 Å². The first-order valence-electron chi connectivity index (χ1n) is 10.8. The molecular weight excluding hydrogens is 386 g/mol. The lowest BCUT2D eigenvalue weighted by molar-refractivity contribution is -0.118. The molecule has 5 heteroatoms. The number of hydrogen-bond acceptors (Lipinski definition) is 4. The summed E-state index contributed by atoms with van der Waals surface area (Å²) in [5.74, 6) is 1.73. The standard InChI is InChI=1S/C26H29N3O2/c1-19-13-14-24(20(2)17-19)29-25(30)23(18-21-9-5-4-6-10-21)27-26(29)28(3)15-7-11-22-12-8-16-31-22/h4-6,8-10,12-14,16-17,23H,7,11,15,18H2,1-3H3. The first kappa shape index (κ1) is 20.9. The average molecular weight is 416 g/mol. The maximum absolute atomic E-state index is 13.5. The molecular formula is C26H29N3O2. The van der Waals surface area contributed by atoms with E-state index >= 15 is 0 Å². The number of anilines is 1. The summed E-state index contributed by atoms with van der Waals surface area (Å²) in [5.41, 5.74) is 4.28. The number of hydrogen-bond donors (Lipinski definition) is 0. The molecule has 0 aliphatic carbocycles. The van der Waals surface area contributed by atoms with Gasteiger partial charge in [0.2, 0.25) is 5.96 Å². The first-order valence-corrected chi connectivity index (χ1v) is 10.8. The molecule has 0 N–H and O–H groups in total. The van der Waals surface area contributed by atoms with Gasteiger partial charge in [-0.05, 0) is 49.6 Å². The van der Waals surface area contributed by atoms with Crippen molar-refractivity contribution in [1.82, 2.24) is 4.90 Å². The number of rotatable bonds is 7. The summed E-state index contributed by atoms with van der Waals surface area (Å²) in [6.07, 6.45) is 4.08. The Morgan fingerprint density at radius 2 is 1.87 bits per heavy atom. The van der Waals surface area contributed by atoms with E-state index in [1.807, 2.05) is 43.4 Å². The Bertz CT molecular complexity index is 1060. The zero-order valence-corrected chi connectivity index (χ0v) is 18.4. The summed E-state index contributed by atoms with van der Waals surface area (Å²) in [4.78, 5) is 22.3. The van der Waals surface area contributed by atoms with Crippen molar-refractivity contribution in [2.24, 2.45) is 4.99 Å². The lowest BCUT2D eigenvalue weighted by atomic mass is 10.1. The number of aliphatic imine (C=N–C) groups is 1. The Kier molecular flexibility index (Phi) is 6.21. The normalized spacial score (nSPS) is 16.0. The van der Waals surface area contributed by atoms with Crippen molar-refractivity contribution >= 4 is 17.6 Å².